The van der Waals surface area contributed by atoms with Gasteiger partial charge >= 0.3 is 0 Å². The summed E-state index contributed by atoms with van der Waals surface area (Å²) in [6, 6.07) is 6.78. The monoisotopic (exact) mass is 303 g/mol. The van der Waals surface area contributed by atoms with Crippen molar-refractivity contribution in [1.29, 1.82) is 0 Å². The number of rotatable bonds is 6. The van der Waals surface area contributed by atoms with E-state index >= 15 is 0 Å². The molecule has 1 rings (SSSR count). The Labute approximate surface area is 110 Å². The molecule has 0 aromatic heterocycles. The molecule has 2 nitrogen and oxygen atoms in total. The van der Waals surface area contributed by atoms with Gasteiger partial charge in [0.15, 0.2) is 0 Å². The molecule has 90 valence electrons. The van der Waals surface area contributed by atoms with Gasteiger partial charge in [-0.1, -0.05) is 22.0 Å². The molecule has 16 heavy (non-hydrogen) atoms. The fraction of sp³-hybridized carbons (Fsp3) is 0.500. The zero-order chi connectivity index (χ0) is 12.0. The quantitative estimate of drug-likeness (QED) is 0.625. The summed E-state index contributed by atoms with van der Waals surface area (Å²) in [5, 5.41) is 11.9. The molecule has 0 aliphatic carbocycles. The molecular weight excluding hydrogens is 286 g/mol. The molecule has 4 heteroatoms. The van der Waals surface area contributed by atoms with Crippen molar-refractivity contribution in [2.45, 2.75) is 24.3 Å². The van der Waals surface area contributed by atoms with Gasteiger partial charge in [-0.25, -0.2) is 0 Å². The molecule has 2 N–H and O–H groups in total. The summed E-state index contributed by atoms with van der Waals surface area (Å²) in [5.74, 6) is 0.962. The lowest BCUT2D eigenvalue weighted by Gasteiger charge is -2.13. The Morgan fingerprint density at radius 2 is 2.25 bits per heavy atom. The number of nitrogens with one attached hydrogen (secondary N) is 1. The molecule has 1 aromatic rings. The summed E-state index contributed by atoms with van der Waals surface area (Å²) in [6.45, 7) is 2.40. The van der Waals surface area contributed by atoms with E-state index in [0.717, 1.165) is 16.6 Å². The van der Waals surface area contributed by atoms with Gasteiger partial charge in [0.25, 0.3) is 0 Å². The van der Waals surface area contributed by atoms with Gasteiger partial charge < -0.3 is 10.4 Å². The van der Waals surface area contributed by atoms with E-state index < -0.39 is 0 Å². The SMILES string of the molecule is CNC(C)c1ccc(SCCCO)cc1Br. The van der Waals surface area contributed by atoms with Crippen LogP contribution in [0.1, 0.15) is 24.9 Å². The first-order valence-electron chi connectivity index (χ1n) is 5.39. The molecular formula is C12H18BrNOS. The topological polar surface area (TPSA) is 32.3 Å². The van der Waals surface area contributed by atoms with Crippen molar-refractivity contribution in [3.05, 3.63) is 28.2 Å². The first-order chi connectivity index (χ1) is 7.69. The third kappa shape index (κ3) is 4.09. The number of halogens is 1. The van der Waals surface area contributed by atoms with Crippen LogP contribution in [0.3, 0.4) is 0 Å². The minimum absolute atomic E-state index is 0.267. The second kappa shape index (κ2) is 7.33. The van der Waals surface area contributed by atoms with Gasteiger partial charge in [-0.3, -0.25) is 0 Å². The van der Waals surface area contributed by atoms with Gasteiger partial charge in [-0.2, -0.15) is 0 Å². The van der Waals surface area contributed by atoms with Crippen LogP contribution in [0.5, 0.6) is 0 Å². The minimum Gasteiger partial charge on any atom is -0.396 e. The lowest BCUT2D eigenvalue weighted by atomic mass is 10.1. The normalized spacial score (nSPS) is 12.8. The number of thioether (sulfide) groups is 1. The number of benzene rings is 1. The van der Waals surface area contributed by atoms with Gasteiger partial charge in [0.05, 0.1) is 0 Å². The molecule has 1 unspecified atom stereocenters. The van der Waals surface area contributed by atoms with Crippen molar-refractivity contribution in [1.82, 2.24) is 5.32 Å². The van der Waals surface area contributed by atoms with Gasteiger partial charge in [0, 0.05) is 27.8 Å². The van der Waals surface area contributed by atoms with Crippen LogP contribution in [0.4, 0.5) is 0 Å². The van der Waals surface area contributed by atoms with Crippen LogP contribution in [0.15, 0.2) is 27.6 Å². The smallest absolute Gasteiger partial charge is 0.0439 e. The second-order valence-corrected chi connectivity index (χ2v) is 5.64. The largest absolute Gasteiger partial charge is 0.396 e. The Kier molecular flexibility index (Phi) is 6.43. The molecule has 0 aliphatic heterocycles. The fourth-order valence-corrected chi connectivity index (χ4v) is 3.11. The highest BCUT2D eigenvalue weighted by atomic mass is 79.9. The lowest BCUT2D eigenvalue weighted by molar-refractivity contribution is 0.296. The number of aliphatic hydroxyl groups excluding tert-OH is 1. The van der Waals surface area contributed by atoms with Crippen LogP contribution in [-0.4, -0.2) is 24.5 Å². The van der Waals surface area contributed by atoms with E-state index in [9.17, 15) is 0 Å². The highest BCUT2D eigenvalue weighted by Crippen LogP contribution is 2.28. The van der Waals surface area contributed by atoms with Crippen molar-refractivity contribution in [3.63, 3.8) is 0 Å². The molecule has 0 radical (unpaired) electrons. The molecule has 0 fully saturated rings. The van der Waals surface area contributed by atoms with Gasteiger partial charge in [0.1, 0.15) is 0 Å². The summed E-state index contributed by atoms with van der Waals surface area (Å²) in [4.78, 5) is 1.24. The Morgan fingerprint density at radius 3 is 2.81 bits per heavy atom. The third-order valence-electron chi connectivity index (χ3n) is 2.44. The van der Waals surface area contributed by atoms with Crippen LogP contribution >= 0.6 is 27.7 Å². The second-order valence-electron chi connectivity index (χ2n) is 3.62. The average Bonchev–Trinajstić information content (AvgIpc) is 2.29. The predicted octanol–water partition coefficient (Wildman–Crippen LogP) is 3.20. The van der Waals surface area contributed by atoms with Crippen LogP contribution in [0, 0.1) is 0 Å². The first kappa shape index (κ1) is 14.0. The fourth-order valence-electron chi connectivity index (χ4n) is 1.36. The number of hydrogen-bond acceptors (Lipinski definition) is 3. The standard InChI is InChI=1S/C12H18BrNOS/c1-9(14-2)11-5-4-10(8-12(11)13)16-7-3-6-15/h4-5,8-9,14-15H,3,6-7H2,1-2H3. The third-order valence-corrected chi connectivity index (χ3v) is 4.21. The highest BCUT2D eigenvalue weighted by Gasteiger charge is 2.07. The van der Waals surface area contributed by atoms with Crippen molar-refractivity contribution >= 4 is 27.7 Å². The van der Waals surface area contributed by atoms with Crippen LogP contribution in [-0.2, 0) is 0 Å². The molecule has 1 aromatic carbocycles. The number of aliphatic hydroxyl groups is 1. The zero-order valence-corrected chi connectivity index (χ0v) is 12.1. The van der Waals surface area contributed by atoms with Crippen molar-refractivity contribution in [2.24, 2.45) is 0 Å². The Morgan fingerprint density at radius 1 is 1.50 bits per heavy atom. The van der Waals surface area contributed by atoms with Gasteiger partial charge in [-0.05, 0) is 38.1 Å². The average molecular weight is 304 g/mol. The highest BCUT2D eigenvalue weighted by molar-refractivity contribution is 9.10. The van der Waals surface area contributed by atoms with Crippen LogP contribution in [0.2, 0.25) is 0 Å². The Balaban J connectivity index is 2.67. The van der Waals surface area contributed by atoms with Crippen LogP contribution in [0.25, 0.3) is 0 Å². The molecule has 1 atom stereocenters. The van der Waals surface area contributed by atoms with Crippen molar-refractivity contribution in [2.75, 3.05) is 19.4 Å². The molecule has 0 aliphatic rings. The molecule has 0 saturated heterocycles. The molecule has 0 heterocycles. The summed E-state index contributed by atoms with van der Waals surface area (Å²) < 4.78 is 1.14. The zero-order valence-electron chi connectivity index (χ0n) is 9.66. The van der Waals surface area contributed by atoms with E-state index in [0.29, 0.717) is 6.04 Å². The predicted molar refractivity (Wildman–Crippen MR) is 74.0 cm³/mol. The van der Waals surface area contributed by atoms with E-state index in [4.69, 9.17) is 5.11 Å². The van der Waals surface area contributed by atoms with Gasteiger partial charge in [0.2, 0.25) is 0 Å². The minimum atomic E-state index is 0.267. The lowest BCUT2D eigenvalue weighted by Crippen LogP contribution is -2.12. The van der Waals surface area contributed by atoms with Gasteiger partial charge in [-0.15, -0.1) is 11.8 Å². The van der Waals surface area contributed by atoms with Crippen molar-refractivity contribution in [3.8, 4) is 0 Å². The molecule has 0 bridgehead atoms. The maximum Gasteiger partial charge on any atom is 0.0439 e. The van der Waals surface area contributed by atoms with Crippen LogP contribution < -0.4 is 5.32 Å². The molecule has 0 amide bonds. The summed E-state index contributed by atoms with van der Waals surface area (Å²) in [7, 11) is 1.96. The summed E-state index contributed by atoms with van der Waals surface area (Å²) in [5.41, 5.74) is 1.27. The van der Waals surface area contributed by atoms with E-state index in [1.807, 2.05) is 7.05 Å². The van der Waals surface area contributed by atoms with E-state index in [1.54, 1.807) is 11.8 Å². The van der Waals surface area contributed by atoms with E-state index in [1.165, 1.54) is 10.5 Å². The maximum atomic E-state index is 8.72. The summed E-state index contributed by atoms with van der Waals surface area (Å²) >= 11 is 5.37. The maximum absolute atomic E-state index is 8.72. The number of hydrogen-bond donors (Lipinski definition) is 2. The molecule has 0 spiro atoms. The van der Waals surface area contributed by atoms with Crippen molar-refractivity contribution < 1.29 is 5.11 Å². The first-order valence-corrected chi connectivity index (χ1v) is 7.17. The van der Waals surface area contributed by atoms with E-state index in [-0.39, 0.29) is 6.61 Å². The Bertz CT molecular complexity index is 333. The summed E-state index contributed by atoms with van der Waals surface area (Å²) in [6.07, 6.45) is 0.844. The Hall–Kier alpha value is -0.0300. The molecule has 0 saturated carbocycles. The van der Waals surface area contributed by atoms with E-state index in [2.05, 4.69) is 46.4 Å².